The second-order valence-corrected chi connectivity index (χ2v) is 7.78. The van der Waals surface area contributed by atoms with Crippen LogP contribution in [0.25, 0.3) is 0 Å². The number of rotatable bonds is 4. The summed E-state index contributed by atoms with van der Waals surface area (Å²) in [6, 6.07) is 5.84. The Bertz CT molecular complexity index is 710. The number of amides is 2. The Morgan fingerprint density at radius 1 is 1.30 bits per heavy atom. The molecule has 2 amide bonds. The van der Waals surface area contributed by atoms with Crippen molar-refractivity contribution >= 4 is 21.7 Å². The van der Waals surface area contributed by atoms with Crippen molar-refractivity contribution in [2.24, 2.45) is 0 Å². The first-order chi connectivity index (χ1) is 10.7. The molecule has 23 heavy (non-hydrogen) atoms. The van der Waals surface area contributed by atoms with Gasteiger partial charge in [0.05, 0.1) is 12.0 Å². The molecular weight excluding hydrogens is 320 g/mol. The minimum absolute atomic E-state index is 0.0471. The molecule has 8 heteroatoms. The molecule has 1 N–H and O–H groups in total. The van der Waals surface area contributed by atoms with Crippen molar-refractivity contribution < 1.29 is 22.7 Å². The van der Waals surface area contributed by atoms with Crippen LogP contribution < -0.4 is 10.1 Å². The number of benzene rings is 1. The average Bonchev–Trinajstić information content (AvgIpc) is 2.49. The summed E-state index contributed by atoms with van der Waals surface area (Å²) in [7, 11) is -2.30. The van der Waals surface area contributed by atoms with Crippen molar-refractivity contribution in [2.75, 3.05) is 26.0 Å². The van der Waals surface area contributed by atoms with Crippen LogP contribution in [0.15, 0.2) is 29.2 Å². The summed E-state index contributed by atoms with van der Waals surface area (Å²) in [6.45, 7) is 3.80. The molecule has 1 aromatic carbocycles. The molecular formula is C15H20N2O5S. The largest absolute Gasteiger partial charge is 0.497 e. The number of piperazine rings is 1. The molecule has 2 rings (SSSR count). The highest BCUT2D eigenvalue weighted by Gasteiger charge is 2.41. The fraction of sp³-hybridized carbons (Fsp3) is 0.467. The lowest BCUT2D eigenvalue weighted by Gasteiger charge is -2.41. The second kappa shape index (κ2) is 6.19. The zero-order valence-corrected chi connectivity index (χ0v) is 14.1. The summed E-state index contributed by atoms with van der Waals surface area (Å²) in [4.78, 5) is 25.6. The molecule has 1 saturated heterocycles. The average molecular weight is 340 g/mol. The third-order valence-electron chi connectivity index (χ3n) is 3.88. The highest BCUT2D eigenvalue weighted by molar-refractivity contribution is 7.92. The molecule has 1 fully saturated rings. The van der Waals surface area contributed by atoms with Gasteiger partial charge in [-0.1, -0.05) is 0 Å². The van der Waals surface area contributed by atoms with Crippen molar-refractivity contribution in [1.82, 2.24) is 10.2 Å². The fourth-order valence-electron chi connectivity index (χ4n) is 2.44. The van der Waals surface area contributed by atoms with Crippen LogP contribution in [-0.2, 0) is 19.4 Å². The molecule has 7 nitrogen and oxygen atoms in total. The van der Waals surface area contributed by atoms with Gasteiger partial charge in [0.2, 0.25) is 11.8 Å². The molecule has 0 aliphatic carbocycles. The SMILES string of the molecule is COc1ccc(S(=O)(=O)CC(=O)N2CCNC(=O)C2(C)C)cc1. The van der Waals surface area contributed by atoms with E-state index in [9.17, 15) is 18.0 Å². The maximum Gasteiger partial charge on any atom is 0.245 e. The zero-order valence-electron chi connectivity index (χ0n) is 13.3. The molecule has 0 bridgehead atoms. The Kier molecular flexibility index (Phi) is 4.65. The molecule has 0 saturated carbocycles. The number of hydrogen-bond donors (Lipinski definition) is 1. The van der Waals surface area contributed by atoms with Crippen LogP contribution in [0.5, 0.6) is 5.75 Å². The minimum Gasteiger partial charge on any atom is -0.497 e. The number of nitrogens with one attached hydrogen (secondary N) is 1. The number of hydrogen-bond acceptors (Lipinski definition) is 5. The van der Waals surface area contributed by atoms with E-state index in [1.54, 1.807) is 13.8 Å². The van der Waals surface area contributed by atoms with Crippen molar-refractivity contribution in [3.8, 4) is 5.75 Å². The zero-order chi connectivity index (χ0) is 17.3. The number of methoxy groups -OCH3 is 1. The first-order valence-electron chi connectivity index (χ1n) is 7.14. The lowest BCUT2D eigenvalue weighted by Crippen LogP contribution is -2.64. The van der Waals surface area contributed by atoms with Crippen LogP contribution in [0.2, 0.25) is 0 Å². The van der Waals surface area contributed by atoms with Gasteiger partial charge >= 0.3 is 0 Å². The van der Waals surface area contributed by atoms with E-state index in [0.717, 1.165) is 0 Å². The Hall–Kier alpha value is -2.09. The van der Waals surface area contributed by atoms with Crippen molar-refractivity contribution in [3.63, 3.8) is 0 Å². The summed E-state index contributed by atoms with van der Waals surface area (Å²) >= 11 is 0. The van der Waals surface area contributed by atoms with E-state index in [1.807, 2.05) is 0 Å². The molecule has 1 aliphatic heterocycles. The number of nitrogens with zero attached hydrogens (tertiary/aromatic N) is 1. The molecule has 0 aromatic heterocycles. The third kappa shape index (κ3) is 3.47. The van der Waals surface area contributed by atoms with E-state index in [0.29, 0.717) is 12.3 Å². The van der Waals surface area contributed by atoms with E-state index < -0.39 is 27.0 Å². The molecule has 1 aliphatic rings. The normalized spacial score (nSPS) is 17.5. The fourth-order valence-corrected chi connectivity index (χ4v) is 3.64. The molecule has 126 valence electrons. The number of sulfone groups is 1. The highest BCUT2D eigenvalue weighted by Crippen LogP contribution is 2.21. The van der Waals surface area contributed by atoms with Crippen LogP contribution in [-0.4, -0.2) is 56.6 Å². The quantitative estimate of drug-likeness (QED) is 0.845. The number of carbonyl (C=O) groups excluding carboxylic acids is 2. The van der Waals surface area contributed by atoms with Crippen LogP contribution in [0.3, 0.4) is 0 Å². The lowest BCUT2D eigenvalue weighted by molar-refractivity contribution is -0.147. The van der Waals surface area contributed by atoms with Gasteiger partial charge in [-0.15, -0.1) is 0 Å². The molecule has 0 radical (unpaired) electrons. The van der Waals surface area contributed by atoms with Gasteiger partial charge in [0, 0.05) is 13.1 Å². The summed E-state index contributed by atoms with van der Waals surface area (Å²) < 4.78 is 29.8. The molecule has 0 unspecified atom stereocenters. The monoisotopic (exact) mass is 340 g/mol. The van der Waals surface area contributed by atoms with E-state index in [4.69, 9.17) is 4.74 Å². The topological polar surface area (TPSA) is 92.8 Å². The lowest BCUT2D eigenvalue weighted by atomic mass is 9.99. The van der Waals surface area contributed by atoms with E-state index in [1.165, 1.54) is 36.3 Å². The van der Waals surface area contributed by atoms with Gasteiger partial charge in [0.15, 0.2) is 9.84 Å². The predicted molar refractivity (Wildman–Crippen MR) is 83.8 cm³/mol. The van der Waals surface area contributed by atoms with Gasteiger partial charge < -0.3 is 15.0 Å². The third-order valence-corrected chi connectivity index (χ3v) is 5.50. The van der Waals surface area contributed by atoms with E-state index in [2.05, 4.69) is 5.32 Å². The van der Waals surface area contributed by atoms with Gasteiger partial charge in [-0.2, -0.15) is 0 Å². The second-order valence-electron chi connectivity index (χ2n) is 5.79. The maximum atomic E-state index is 12.4. The number of carbonyl (C=O) groups is 2. The Morgan fingerprint density at radius 3 is 2.48 bits per heavy atom. The van der Waals surface area contributed by atoms with E-state index >= 15 is 0 Å². The summed E-state index contributed by atoms with van der Waals surface area (Å²) in [5, 5.41) is 2.67. The van der Waals surface area contributed by atoms with E-state index in [-0.39, 0.29) is 17.3 Å². The van der Waals surface area contributed by atoms with Gasteiger partial charge in [-0.3, -0.25) is 9.59 Å². The minimum atomic E-state index is -3.78. The summed E-state index contributed by atoms with van der Waals surface area (Å²) in [6.07, 6.45) is 0. The Balaban J connectivity index is 2.19. The standard InChI is InChI=1S/C15H20N2O5S/c1-15(2)14(19)16-8-9-17(15)13(18)10-23(20,21)12-6-4-11(22-3)5-7-12/h4-7H,8-10H2,1-3H3,(H,16,19). The molecule has 0 spiro atoms. The molecule has 0 atom stereocenters. The van der Waals surface area contributed by atoms with Crippen LogP contribution in [0.1, 0.15) is 13.8 Å². The van der Waals surface area contributed by atoms with Crippen LogP contribution in [0, 0.1) is 0 Å². The van der Waals surface area contributed by atoms with Crippen molar-refractivity contribution in [2.45, 2.75) is 24.3 Å². The molecule has 1 aromatic rings. The smallest absolute Gasteiger partial charge is 0.245 e. The van der Waals surface area contributed by atoms with Gasteiger partial charge in [-0.25, -0.2) is 8.42 Å². The Labute approximate surface area is 135 Å². The van der Waals surface area contributed by atoms with Crippen LogP contribution >= 0.6 is 0 Å². The van der Waals surface area contributed by atoms with Crippen LogP contribution in [0.4, 0.5) is 0 Å². The predicted octanol–water partition coefficient (Wildman–Crippen LogP) is 0.206. The van der Waals surface area contributed by atoms with Gasteiger partial charge in [0.25, 0.3) is 0 Å². The van der Waals surface area contributed by atoms with Gasteiger partial charge in [-0.05, 0) is 38.1 Å². The van der Waals surface area contributed by atoms with Gasteiger partial charge in [0.1, 0.15) is 17.0 Å². The first kappa shape index (κ1) is 17.3. The molecule has 1 heterocycles. The number of ether oxygens (including phenoxy) is 1. The highest BCUT2D eigenvalue weighted by atomic mass is 32.2. The summed E-state index contributed by atoms with van der Waals surface area (Å²) in [5.74, 6) is -1.01. The van der Waals surface area contributed by atoms with Crippen molar-refractivity contribution in [3.05, 3.63) is 24.3 Å². The maximum absolute atomic E-state index is 12.4. The summed E-state index contributed by atoms with van der Waals surface area (Å²) in [5.41, 5.74) is -1.06. The first-order valence-corrected chi connectivity index (χ1v) is 8.79. The van der Waals surface area contributed by atoms with Crippen molar-refractivity contribution in [1.29, 1.82) is 0 Å². The Morgan fingerprint density at radius 2 is 1.91 bits per heavy atom.